The van der Waals surface area contributed by atoms with Crippen LogP contribution in [0.2, 0.25) is 0 Å². The van der Waals surface area contributed by atoms with E-state index in [0.717, 1.165) is 5.56 Å². The van der Waals surface area contributed by atoms with Crippen LogP contribution in [0.4, 0.5) is 29.7 Å². The van der Waals surface area contributed by atoms with E-state index in [-0.39, 0.29) is 31.2 Å². The second kappa shape index (κ2) is 12.2. The van der Waals surface area contributed by atoms with E-state index in [1.807, 2.05) is 35.2 Å². The van der Waals surface area contributed by atoms with Crippen LogP contribution in [0, 0.1) is 11.6 Å². The third-order valence-electron chi connectivity index (χ3n) is 7.06. The molecule has 3 aromatic carbocycles. The Bertz CT molecular complexity index is 1430. The summed E-state index contributed by atoms with van der Waals surface area (Å²) in [7, 11) is 0. The fourth-order valence-corrected chi connectivity index (χ4v) is 4.87. The Morgan fingerprint density at radius 1 is 0.976 bits per heavy atom. The molecule has 0 radical (unpaired) electrons. The number of anilines is 2. The lowest BCUT2D eigenvalue weighted by Crippen LogP contribution is -2.49. The molecule has 41 heavy (non-hydrogen) atoms. The first-order valence-corrected chi connectivity index (χ1v) is 13.3. The van der Waals surface area contributed by atoms with E-state index in [4.69, 9.17) is 9.47 Å². The number of nitrogens with zero attached hydrogens (tertiary/aromatic N) is 3. The SMILES string of the molecule is CC(=O)NCC1CN(c2ccc(-c3ccc(N4CCN(C(=O)OCc5ccccc5)CC4)c(F)c3)c(F)c2)C(=O)O1. The zero-order valence-electron chi connectivity index (χ0n) is 22.5. The predicted octanol–water partition coefficient (Wildman–Crippen LogP) is 4.55. The van der Waals surface area contributed by atoms with Crippen LogP contribution >= 0.6 is 0 Å². The molecule has 5 rings (SSSR count). The van der Waals surface area contributed by atoms with Crippen LogP contribution in [-0.2, 0) is 20.9 Å². The highest BCUT2D eigenvalue weighted by Gasteiger charge is 2.33. The molecule has 2 saturated heterocycles. The summed E-state index contributed by atoms with van der Waals surface area (Å²) in [6.07, 6.45) is -1.58. The van der Waals surface area contributed by atoms with Crippen molar-refractivity contribution in [3.63, 3.8) is 0 Å². The molecular formula is C30H30F2N4O5. The van der Waals surface area contributed by atoms with Crippen LogP contribution in [-0.4, -0.2) is 68.4 Å². The van der Waals surface area contributed by atoms with Crippen molar-refractivity contribution in [1.82, 2.24) is 10.2 Å². The minimum Gasteiger partial charge on any atom is -0.445 e. The normalized spacial score (nSPS) is 16.9. The molecule has 2 aliphatic heterocycles. The smallest absolute Gasteiger partial charge is 0.414 e. The van der Waals surface area contributed by atoms with Gasteiger partial charge in [-0.2, -0.15) is 0 Å². The molecule has 0 saturated carbocycles. The predicted molar refractivity (Wildman–Crippen MR) is 149 cm³/mol. The first-order valence-electron chi connectivity index (χ1n) is 13.3. The molecule has 1 N–H and O–H groups in total. The van der Waals surface area contributed by atoms with Gasteiger partial charge in [0.1, 0.15) is 24.3 Å². The number of piperazine rings is 1. The van der Waals surface area contributed by atoms with Crippen LogP contribution in [0.1, 0.15) is 12.5 Å². The summed E-state index contributed by atoms with van der Waals surface area (Å²) in [5, 5.41) is 2.59. The van der Waals surface area contributed by atoms with E-state index in [1.165, 1.54) is 30.0 Å². The lowest BCUT2D eigenvalue weighted by molar-refractivity contribution is -0.119. The molecule has 9 nitrogen and oxygen atoms in total. The van der Waals surface area contributed by atoms with Gasteiger partial charge in [-0.05, 0) is 41.5 Å². The zero-order valence-corrected chi connectivity index (χ0v) is 22.5. The molecule has 0 aliphatic carbocycles. The topological polar surface area (TPSA) is 91.4 Å². The molecular weight excluding hydrogens is 534 g/mol. The lowest BCUT2D eigenvalue weighted by Gasteiger charge is -2.35. The van der Waals surface area contributed by atoms with Crippen molar-refractivity contribution < 1.29 is 32.6 Å². The molecule has 2 aliphatic rings. The van der Waals surface area contributed by atoms with Crippen LogP contribution in [0.15, 0.2) is 66.7 Å². The molecule has 1 atom stereocenters. The van der Waals surface area contributed by atoms with Gasteiger partial charge < -0.3 is 24.6 Å². The summed E-state index contributed by atoms with van der Waals surface area (Å²) >= 11 is 0. The van der Waals surface area contributed by atoms with E-state index < -0.39 is 29.9 Å². The summed E-state index contributed by atoms with van der Waals surface area (Å²) in [6.45, 7) is 3.50. The molecule has 0 aromatic heterocycles. The average molecular weight is 565 g/mol. The van der Waals surface area contributed by atoms with E-state index in [9.17, 15) is 14.4 Å². The van der Waals surface area contributed by atoms with Gasteiger partial charge in [0.25, 0.3) is 0 Å². The van der Waals surface area contributed by atoms with Crippen molar-refractivity contribution >= 4 is 29.5 Å². The number of cyclic esters (lactones) is 1. The van der Waals surface area contributed by atoms with Crippen molar-refractivity contribution in [2.75, 3.05) is 49.1 Å². The van der Waals surface area contributed by atoms with Crippen LogP contribution < -0.4 is 15.1 Å². The van der Waals surface area contributed by atoms with Gasteiger partial charge in [0.05, 0.1) is 24.5 Å². The molecule has 3 amide bonds. The number of hydrogen-bond donors (Lipinski definition) is 1. The molecule has 0 spiro atoms. The standard InChI is InChI=1S/C30H30F2N4O5/c1-20(37)33-17-24-18-36(30(39)41-24)23-8-9-25(26(31)16-23)22-7-10-28(27(32)15-22)34-11-13-35(14-12-34)29(38)40-19-21-5-3-2-4-6-21/h2-10,15-16,24H,11-14,17-19H2,1H3,(H,33,37). The van der Waals surface area contributed by atoms with Gasteiger partial charge in [-0.1, -0.05) is 36.4 Å². The summed E-state index contributed by atoms with van der Waals surface area (Å²) in [5.41, 5.74) is 2.11. The maximum absolute atomic E-state index is 15.2. The number of ether oxygens (including phenoxy) is 2. The van der Waals surface area contributed by atoms with E-state index in [1.54, 1.807) is 23.1 Å². The Labute approximate surface area is 236 Å². The average Bonchev–Trinajstić information content (AvgIpc) is 3.35. The highest BCUT2D eigenvalue weighted by atomic mass is 19.1. The second-order valence-electron chi connectivity index (χ2n) is 9.90. The maximum Gasteiger partial charge on any atom is 0.414 e. The number of halogens is 2. The number of rotatable bonds is 7. The van der Waals surface area contributed by atoms with Gasteiger partial charge in [0.15, 0.2) is 0 Å². The molecule has 3 aromatic rings. The second-order valence-corrected chi connectivity index (χ2v) is 9.90. The number of benzene rings is 3. The monoisotopic (exact) mass is 564 g/mol. The molecule has 2 heterocycles. The summed E-state index contributed by atoms with van der Waals surface area (Å²) < 4.78 is 41.0. The van der Waals surface area contributed by atoms with Gasteiger partial charge in [0, 0.05) is 38.7 Å². The van der Waals surface area contributed by atoms with Crippen molar-refractivity contribution in [3.8, 4) is 11.1 Å². The minimum absolute atomic E-state index is 0.164. The largest absolute Gasteiger partial charge is 0.445 e. The van der Waals surface area contributed by atoms with Gasteiger partial charge in [-0.25, -0.2) is 18.4 Å². The van der Waals surface area contributed by atoms with Gasteiger partial charge >= 0.3 is 12.2 Å². The lowest BCUT2D eigenvalue weighted by atomic mass is 10.0. The number of amides is 3. The van der Waals surface area contributed by atoms with Crippen LogP contribution in [0.5, 0.6) is 0 Å². The van der Waals surface area contributed by atoms with Crippen molar-refractivity contribution in [2.24, 2.45) is 0 Å². The molecule has 214 valence electrons. The number of carbonyl (C=O) groups excluding carboxylic acids is 3. The molecule has 11 heteroatoms. The number of hydrogen-bond acceptors (Lipinski definition) is 6. The Kier molecular flexibility index (Phi) is 8.32. The highest BCUT2D eigenvalue weighted by Crippen LogP contribution is 2.32. The van der Waals surface area contributed by atoms with Crippen molar-refractivity contribution in [2.45, 2.75) is 19.6 Å². The van der Waals surface area contributed by atoms with Crippen molar-refractivity contribution in [3.05, 3.63) is 83.9 Å². The summed E-state index contributed by atoms with van der Waals surface area (Å²) in [5.74, 6) is -1.36. The van der Waals surface area contributed by atoms with Crippen LogP contribution in [0.3, 0.4) is 0 Å². The first-order chi connectivity index (χ1) is 19.8. The number of carbonyl (C=O) groups is 3. The van der Waals surface area contributed by atoms with Crippen LogP contribution in [0.25, 0.3) is 11.1 Å². The van der Waals surface area contributed by atoms with E-state index in [2.05, 4.69) is 5.32 Å². The summed E-state index contributed by atoms with van der Waals surface area (Å²) in [4.78, 5) is 40.6. The minimum atomic E-state index is -0.632. The fraction of sp³-hybridized carbons (Fsp3) is 0.300. The Hall–Kier alpha value is -4.67. The third-order valence-corrected chi connectivity index (χ3v) is 7.06. The Morgan fingerprint density at radius 2 is 1.73 bits per heavy atom. The zero-order chi connectivity index (χ0) is 28.9. The Balaban J connectivity index is 1.19. The molecule has 2 fully saturated rings. The van der Waals surface area contributed by atoms with Gasteiger partial charge in [-0.15, -0.1) is 0 Å². The quantitative estimate of drug-likeness (QED) is 0.453. The Morgan fingerprint density at radius 3 is 2.41 bits per heavy atom. The van der Waals surface area contributed by atoms with E-state index >= 15 is 8.78 Å². The summed E-state index contributed by atoms with van der Waals surface area (Å²) in [6, 6.07) is 18.2. The molecule has 1 unspecified atom stereocenters. The van der Waals surface area contributed by atoms with Gasteiger partial charge in [-0.3, -0.25) is 9.69 Å². The fourth-order valence-electron chi connectivity index (χ4n) is 4.87. The molecule has 0 bridgehead atoms. The maximum atomic E-state index is 15.2. The first kappa shape index (κ1) is 27.9. The van der Waals surface area contributed by atoms with Crippen molar-refractivity contribution in [1.29, 1.82) is 0 Å². The highest BCUT2D eigenvalue weighted by molar-refractivity contribution is 5.90. The number of nitrogens with one attached hydrogen (secondary N) is 1. The van der Waals surface area contributed by atoms with Gasteiger partial charge in [0.2, 0.25) is 5.91 Å². The third kappa shape index (κ3) is 6.56. The van der Waals surface area contributed by atoms with E-state index in [0.29, 0.717) is 43.1 Å².